The lowest BCUT2D eigenvalue weighted by Gasteiger charge is -2.19. The molecular weight excluding hydrogens is 540 g/mol. The van der Waals surface area contributed by atoms with Crippen molar-refractivity contribution in [1.82, 2.24) is 15.3 Å². The third kappa shape index (κ3) is 11.8. The van der Waals surface area contributed by atoms with Gasteiger partial charge in [-0.15, -0.1) is 0 Å². The third-order valence-electron chi connectivity index (χ3n) is 5.40. The predicted octanol–water partition coefficient (Wildman–Crippen LogP) is 5.56. The first kappa shape index (κ1) is 31.8. The Kier molecular flexibility index (Phi) is 12.0. The fraction of sp³-hybridized carbons (Fsp3) is 0.400. The number of benzene rings is 2. The van der Waals surface area contributed by atoms with E-state index in [1.54, 1.807) is 6.92 Å². The summed E-state index contributed by atoms with van der Waals surface area (Å²) in [5.74, 6) is 1.99. The molecule has 42 heavy (non-hydrogen) atoms. The van der Waals surface area contributed by atoms with E-state index in [1.165, 1.54) is 6.20 Å². The van der Waals surface area contributed by atoms with Crippen LogP contribution in [0.2, 0.25) is 0 Å². The van der Waals surface area contributed by atoms with Crippen molar-refractivity contribution in [3.8, 4) is 11.5 Å². The summed E-state index contributed by atoms with van der Waals surface area (Å²) in [5.41, 5.74) is 7.51. The summed E-state index contributed by atoms with van der Waals surface area (Å²) < 4.78 is 21.5. The van der Waals surface area contributed by atoms with Crippen molar-refractivity contribution < 1.29 is 28.5 Å². The number of nitrogen functional groups attached to an aromatic ring is 1. The Morgan fingerprint density at radius 3 is 2.07 bits per heavy atom. The minimum atomic E-state index is -0.524. The van der Waals surface area contributed by atoms with E-state index >= 15 is 0 Å². The number of hydrogen-bond acceptors (Lipinski definition) is 11. The Morgan fingerprint density at radius 1 is 0.881 bits per heavy atom. The van der Waals surface area contributed by atoms with Gasteiger partial charge < -0.3 is 40.6 Å². The van der Waals surface area contributed by atoms with Crippen LogP contribution in [0.25, 0.3) is 0 Å². The van der Waals surface area contributed by atoms with Gasteiger partial charge in [0.25, 0.3) is 0 Å². The number of alkyl carbamates (subject to hydrolysis) is 1. The van der Waals surface area contributed by atoms with Gasteiger partial charge >= 0.3 is 12.1 Å². The molecule has 0 aliphatic rings. The van der Waals surface area contributed by atoms with Crippen molar-refractivity contribution in [1.29, 1.82) is 0 Å². The summed E-state index contributed by atoms with van der Waals surface area (Å²) in [6.45, 7) is 8.94. The number of carbonyl (C=O) groups excluding carboxylic acids is 2. The molecule has 12 heteroatoms. The highest BCUT2D eigenvalue weighted by Gasteiger charge is 2.15. The molecule has 2 aromatic carbocycles. The van der Waals surface area contributed by atoms with Gasteiger partial charge in [0.1, 0.15) is 17.1 Å². The standard InChI is InChI=1S/C30H40N6O6/c1-5-39-26(37)8-6-18-40-23-13-9-21(10-14-23)34-27-25(31)20-33-28(36-27)35-22-11-15-24(16-12-22)41-19-7-17-32-29(38)42-30(2,3)4/h9-16,20H,5-8,17-19,31H2,1-4H3,(H,32,38)(H2,33,34,35,36). The third-order valence-corrected chi connectivity index (χ3v) is 5.40. The largest absolute Gasteiger partial charge is 0.494 e. The molecule has 0 atom stereocenters. The SMILES string of the molecule is CCOC(=O)CCCOc1ccc(Nc2nc(Nc3ccc(OCCCNC(=O)OC(C)(C)C)cc3)ncc2N)cc1. The van der Waals surface area contributed by atoms with Crippen LogP contribution in [0.3, 0.4) is 0 Å². The topological polar surface area (TPSA) is 159 Å². The van der Waals surface area contributed by atoms with Crippen LogP contribution in [0.5, 0.6) is 11.5 Å². The van der Waals surface area contributed by atoms with Crippen molar-refractivity contribution in [2.24, 2.45) is 0 Å². The number of rotatable bonds is 15. The predicted molar refractivity (Wildman–Crippen MR) is 162 cm³/mol. The maximum Gasteiger partial charge on any atom is 0.407 e. The van der Waals surface area contributed by atoms with Crippen LogP contribution in [0.15, 0.2) is 54.7 Å². The van der Waals surface area contributed by atoms with Crippen LogP contribution >= 0.6 is 0 Å². The summed E-state index contributed by atoms with van der Waals surface area (Å²) in [6, 6.07) is 14.7. The van der Waals surface area contributed by atoms with Crippen molar-refractivity contribution in [2.45, 2.75) is 52.6 Å². The Bertz CT molecular complexity index is 1280. The molecule has 0 radical (unpaired) electrons. The Morgan fingerprint density at radius 2 is 1.48 bits per heavy atom. The van der Waals surface area contributed by atoms with Gasteiger partial charge in [-0.05, 0) is 89.1 Å². The normalized spacial score (nSPS) is 10.9. The monoisotopic (exact) mass is 580 g/mol. The van der Waals surface area contributed by atoms with Gasteiger partial charge in [-0.25, -0.2) is 9.78 Å². The lowest BCUT2D eigenvalue weighted by molar-refractivity contribution is -0.143. The number of aromatic nitrogens is 2. The highest BCUT2D eigenvalue weighted by Crippen LogP contribution is 2.25. The highest BCUT2D eigenvalue weighted by atomic mass is 16.6. The van der Waals surface area contributed by atoms with E-state index in [0.717, 1.165) is 11.4 Å². The van der Waals surface area contributed by atoms with Crippen LogP contribution < -0.4 is 31.2 Å². The smallest absolute Gasteiger partial charge is 0.407 e. The number of nitrogens with two attached hydrogens (primary N) is 1. The zero-order chi connectivity index (χ0) is 30.4. The molecule has 0 saturated heterocycles. The van der Waals surface area contributed by atoms with E-state index in [0.29, 0.717) is 74.6 Å². The van der Waals surface area contributed by atoms with Gasteiger partial charge in [0.15, 0.2) is 5.82 Å². The van der Waals surface area contributed by atoms with Gasteiger partial charge in [0.2, 0.25) is 5.95 Å². The number of amides is 1. The van der Waals surface area contributed by atoms with E-state index in [1.807, 2.05) is 69.3 Å². The van der Waals surface area contributed by atoms with Crippen molar-refractivity contribution >= 4 is 40.9 Å². The number of ether oxygens (including phenoxy) is 4. The van der Waals surface area contributed by atoms with E-state index in [-0.39, 0.29) is 5.97 Å². The average molecular weight is 581 g/mol. The number of esters is 1. The molecule has 226 valence electrons. The summed E-state index contributed by atoms with van der Waals surface area (Å²) in [6.07, 6.45) is 2.63. The van der Waals surface area contributed by atoms with E-state index < -0.39 is 11.7 Å². The highest BCUT2D eigenvalue weighted by molar-refractivity contribution is 5.70. The summed E-state index contributed by atoms with van der Waals surface area (Å²) >= 11 is 0. The first-order valence-electron chi connectivity index (χ1n) is 13.9. The molecule has 3 rings (SSSR count). The molecule has 12 nitrogen and oxygen atoms in total. The van der Waals surface area contributed by atoms with Crippen molar-refractivity contribution in [3.63, 3.8) is 0 Å². The van der Waals surface area contributed by atoms with E-state index in [4.69, 9.17) is 24.7 Å². The zero-order valence-corrected chi connectivity index (χ0v) is 24.6. The molecule has 0 aliphatic carbocycles. The Hall–Kier alpha value is -4.74. The minimum Gasteiger partial charge on any atom is -0.494 e. The van der Waals surface area contributed by atoms with Crippen LogP contribution in [0.4, 0.5) is 33.6 Å². The number of nitrogens with zero attached hydrogens (tertiary/aromatic N) is 2. The average Bonchev–Trinajstić information content (AvgIpc) is 2.94. The molecule has 1 amide bonds. The Labute approximate surface area is 246 Å². The molecule has 1 aromatic heterocycles. The molecule has 0 fully saturated rings. The van der Waals surface area contributed by atoms with Crippen molar-refractivity contribution in [3.05, 3.63) is 54.7 Å². The number of hydrogen-bond donors (Lipinski definition) is 4. The van der Waals surface area contributed by atoms with Gasteiger partial charge in [-0.3, -0.25) is 4.79 Å². The maximum atomic E-state index is 11.7. The van der Waals surface area contributed by atoms with E-state index in [9.17, 15) is 9.59 Å². The molecule has 0 spiro atoms. The first-order valence-corrected chi connectivity index (χ1v) is 13.9. The molecule has 0 unspecified atom stereocenters. The molecular formula is C30H40N6O6. The number of carbonyl (C=O) groups is 2. The minimum absolute atomic E-state index is 0.221. The fourth-order valence-corrected chi connectivity index (χ4v) is 3.49. The van der Waals surface area contributed by atoms with Gasteiger partial charge in [-0.2, -0.15) is 4.98 Å². The molecule has 1 heterocycles. The molecule has 0 saturated carbocycles. The van der Waals surface area contributed by atoms with Gasteiger partial charge in [-0.1, -0.05) is 0 Å². The number of anilines is 5. The van der Waals surface area contributed by atoms with Crippen LogP contribution in [-0.4, -0.2) is 54.0 Å². The molecule has 0 bridgehead atoms. The summed E-state index contributed by atoms with van der Waals surface area (Å²) in [5, 5.41) is 9.06. The maximum absolute atomic E-state index is 11.7. The molecule has 5 N–H and O–H groups in total. The van der Waals surface area contributed by atoms with Gasteiger partial charge in [0, 0.05) is 24.3 Å². The van der Waals surface area contributed by atoms with Crippen LogP contribution in [0, 0.1) is 0 Å². The summed E-state index contributed by atoms with van der Waals surface area (Å²) in [4.78, 5) is 31.8. The number of nitrogens with one attached hydrogen (secondary N) is 3. The van der Waals surface area contributed by atoms with Crippen LogP contribution in [0.1, 0.15) is 47.0 Å². The second kappa shape index (κ2) is 15.9. The lowest BCUT2D eigenvalue weighted by Crippen LogP contribution is -2.33. The molecule has 0 aliphatic heterocycles. The Balaban J connectivity index is 1.43. The fourth-order valence-electron chi connectivity index (χ4n) is 3.49. The first-order chi connectivity index (χ1) is 20.1. The second-order valence-corrected chi connectivity index (χ2v) is 10.2. The zero-order valence-electron chi connectivity index (χ0n) is 24.6. The lowest BCUT2D eigenvalue weighted by atomic mass is 10.2. The van der Waals surface area contributed by atoms with E-state index in [2.05, 4.69) is 25.9 Å². The molecule has 3 aromatic rings. The quantitative estimate of drug-likeness (QED) is 0.132. The summed E-state index contributed by atoms with van der Waals surface area (Å²) in [7, 11) is 0. The van der Waals surface area contributed by atoms with Gasteiger partial charge in [0.05, 0.1) is 31.7 Å². The van der Waals surface area contributed by atoms with Crippen LogP contribution in [-0.2, 0) is 14.3 Å². The van der Waals surface area contributed by atoms with Crippen molar-refractivity contribution in [2.75, 3.05) is 42.7 Å². The second-order valence-electron chi connectivity index (χ2n) is 10.2.